The van der Waals surface area contributed by atoms with Crippen LogP contribution >= 0.6 is 28.1 Å². The number of pyridine rings is 2. The first-order chi connectivity index (χ1) is 13.8. The maximum absolute atomic E-state index is 12.9. The molecule has 0 aliphatic heterocycles. The zero-order valence-electron chi connectivity index (χ0n) is 16.2. The van der Waals surface area contributed by atoms with Gasteiger partial charge in [-0.15, -0.1) is 0 Å². The molecular formula is C20H20BrN5O2S. The number of hydrogen-bond acceptors (Lipinski definition) is 4. The lowest BCUT2D eigenvalue weighted by atomic mass is 10.1. The molecule has 0 spiro atoms. The van der Waals surface area contributed by atoms with E-state index in [1.807, 2.05) is 45.0 Å². The molecule has 0 fully saturated rings. The summed E-state index contributed by atoms with van der Waals surface area (Å²) >= 11 is 8.59. The van der Waals surface area contributed by atoms with E-state index in [1.54, 1.807) is 10.6 Å². The first kappa shape index (κ1) is 20.9. The van der Waals surface area contributed by atoms with Crippen molar-refractivity contribution in [2.24, 2.45) is 0 Å². The summed E-state index contributed by atoms with van der Waals surface area (Å²) < 4.78 is 2.48. The number of rotatable bonds is 3. The lowest BCUT2D eigenvalue weighted by molar-refractivity contribution is 0.0942. The average Bonchev–Trinajstić information content (AvgIpc) is 2.70. The number of carbonyl (C=O) groups is 1. The summed E-state index contributed by atoms with van der Waals surface area (Å²) in [6.45, 7) is 6.32. The second-order valence-electron chi connectivity index (χ2n) is 6.48. The molecule has 0 atom stereocenters. The van der Waals surface area contributed by atoms with E-state index in [-0.39, 0.29) is 10.7 Å². The molecule has 0 aliphatic carbocycles. The highest BCUT2D eigenvalue weighted by molar-refractivity contribution is 9.10. The number of nitrogens with one attached hydrogen (secondary N) is 3. The van der Waals surface area contributed by atoms with Crippen LogP contribution in [-0.4, -0.2) is 20.6 Å². The van der Waals surface area contributed by atoms with Gasteiger partial charge in [-0.3, -0.25) is 20.4 Å². The number of anilines is 1. The maximum Gasteiger partial charge on any atom is 0.275 e. The number of hydrazine groups is 1. The zero-order valence-corrected chi connectivity index (χ0v) is 18.6. The van der Waals surface area contributed by atoms with Gasteiger partial charge in [0.25, 0.3) is 5.91 Å². The minimum Gasteiger partial charge on any atom is -0.332 e. The lowest BCUT2D eigenvalue weighted by Gasteiger charge is -2.14. The predicted octanol–water partition coefficient (Wildman–Crippen LogP) is 3.43. The molecule has 2 heterocycles. The van der Waals surface area contributed by atoms with Crippen LogP contribution < -0.4 is 21.6 Å². The van der Waals surface area contributed by atoms with Gasteiger partial charge in [0.1, 0.15) is 11.2 Å². The monoisotopic (exact) mass is 473 g/mol. The number of fused-ring (bicyclic) bond motifs is 1. The van der Waals surface area contributed by atoms with Crippen LogP contribution in [0.4, 0.5) is 5.69 Å². The van der Waals surface area contributed by atoms with E-state index in [4.69, 9.17) is 12.2 Å². The summed E-state index contributed by atoms with van der Waals surface area (Å²) in [4.78, 5) is 30.0. The molecule has 29 heavy (non-hydrogen) atoms. The minimum absolute atomic E-state index is 0.00235. The number of amides is 1. The van der Waals surface area contributed by atoms with E-state index >= 15 is 0 Å². The van der Waals surface area contributed by atoms with Gasteiger partial charge < -0.3 is 9.88 Å². The second kappa shape index (κ2) is 8.71. The van der Waals surface area contributed by atoms with Crippen molar-refractivity contribution >= 4 is 55.9 Å². The lowest BCUT2D eigenvalue weighted by Crippen LogP contribution is -2.45. The molecule has 1 aromatic carbocycles. The van der Waals surface area contributed by atoms with Crippen LogP contribution in [0, 0.1) is 13.8 Å². The normalized spacial score (nSPS) is 10.6. The summed E-state index contributed by atoms with van der Waals surface area (Å²) in [6.07, 6.45) is 1.51. The summed E-state index contributed by atoms with van der Waals surface area (Å²) in [6, 6.07) is 9.34. The van der Waals surface area contributed by atoms with Crippen molar-refractivity contribution in [2.75, 3.05) is 5.32 Å². The van der Waals surface area contributed by atoms with Gasteiger partial charge in [-0.05, 0) is 67.1 Å². The largest absolute Gasteiger partial charge is 0.332 e. The molecule has 7 nitrogen and oxygen atoms in total. The van der Waals surface area contributed by atoms with Gasteiger partial charge in [0.2, 0.25) is 5.43 Å². The van der Waals surface area contributed by atoms with Crippen molar-refractivity contribution in [3.63, 3.8) is 0 Å². The summed E-state index contributed by atoms with van der Waals surface area (Å²) in [7, 11) is 0. The van der Waals surface area contributed by atoms with E-state index in [0.717, 1.165) is 16.9 Å². The van der Waals surface area contributed by atoms with Crippen LogP contribution in [-0.2, 0) is 6.54 Å². The Morgan fingerprint density at radius 3 is 2.55 bits per heavy atom. The van der Waals surface area contributed by atoms with Crippen LogP contribution in [0.3, 0.4) is 0 Å². The Hall–Kier alpha value is -2.78. The zero-order chi connectivity index (χ0) is 21.1. The molecule has 0 saturated carbocycles. The average molecular weight is 474 g/mol. The molecule has 3 aromatic rings. The Kier molecular flexibility index (Phi) is 6.29. The fourth-order valence-corrected chi connectivity index (χ4v) is 3.24. The minimum atomic E-state index is -0.580. The highest BCUT2D eigenvalue weighted by Crippen LogP contribution is 2.19. The first-order valence-electron chi connectivity index (χ1n) is 8.94. The third-order valence-electron chi connectivity index (χ3n) is 4.36. The van der Waals surface area contributed by atoms with Gasteiger partial charge in [0.05, 0.1) is 11.1 Å². The van der Waals surface area contributed by atoms with Crippen LogP contribution in [0.5, 0.6) is 0 Å². The van der Waals surface area contributed by atoms with E-state index < -0.39 is 11.3 Å². The highest BCUT2D eigenvalue weighted by Gasteiger charge is 2.17. The molecule has 0 radical (unpaired) electrons. The summed E-state index contributed by atoms with van der Waals surface area (Å²) in [5, 5.41) is 3.54. The molecule has 9 heteroatoms. The van der Waals surface area contributed by atoms with Crippen LogP contribution in [0.1, 0.15) is 28.5 Å². The van der Waals surface area contributed by atoms with Gasteiger partial charge in [0.15, 0.2) is 5.11 Å². The SMILES string of the molecule is CCn1cc(C(=O)NNC(=S)Nc2ccc(C)cc2)c(=O)c2cc(Br)c(C)nc21. The molecule has 0 unspecified atom stereocenters. The van der Waals surface area contributed by atoms with Crippen LogP contribution in [0.15, 0.2) is 45.8 Å². The summed E-state index contributed by atoms with van der Waals surface area (Å²) in [5.41, 5.74) is 7.93. The van der Waals surface area contributed by atoms with Crippen molar-refractivity contribution in [1.29, 1.82) is 0 Å². The number of aromatic nitrogens is 2. The number of carbonyl (C=O) groups excluding carboxylic acids is 1. The fourth-order valence-electron chi connectivity index (χ4n) is 2.76. The molecule has 0 bridgehead atoms. The molecule has 1 amide bonds. The topological polar surface area (TPSA) is 88.0 Å². The number of hydrogen-bond donors (Lipinski definition) is 3. The predicted molar refractivity (Wildman–Crippen MR) is 122 cm³/mol. The Balaban J connectivity index is 1.80. The molecule has 150 valence electrons. The van der Waals surface area contributed by atoms with Crippen LogP contribution in [0.2, 0.25) is 0 Å². The van der Waals surface area contributed by atoms with E-state index in [2.05, 4.69) is 37.1 Å². The van der Waals surface area contributed by atoms with Crippen molar-refractivity contribution in [2.45, 2.75) is 27.3 Å². The second-order valence-corrected chi connectivity index (χ2v) is 7.75. The van der Waals surface area contributed by atoms with E-state index in [0.29, 0.717) is 22.1 Å². The Morgan fingerprint density at radius 2 is 1.90 bits per heavy atom. The number of aryl methyl sites for hydroxylation is 3. The summed E-state index contributed by atoms with van der Waals surface area (Å²) in [5.74, 6) is -0.580. The van der Waals surface area contributed by atoms with Gasteiger partial charge in [0, 0.05) is 22.9 Å². The quantitative estimate of drug-likeness (QED) is 0.398. The van der Waals surface area contributed by atoms with Crippen molar-refractivity contribution in [3.8, 4) is 0 Å². The number of thiocarbonyl (C=S) groups is 1. The maximum atomic E-state index is 12.9. The Morgan fingerprint density at radius 1 is 1.21 bits per heavy atom. The Labute approximate surface area is 181 Å². The highest BCUT2D eigenvalue weighted by atomic mass is 79.9. The third kappa shape index (κ3) is 4.63. The molecule has 0 aliphatic rings. The standard InChI is InChI=1S/C20H20BrN5O2S/c1-4-26-10-15(17(27)14-9-16(21)12(3)22-18(14)26)19(28)24-25-20(29)23-13-7-5-11(2)6-8-13/h5-10H,4H2,1-3H3,(H,24,28)(H2,23,25,29). The van der Waals surface area contributed by atoms with Crippen molar-refractivity contribution in [1.82, 2.24) is 20.4 Å². The molecule has 0 saturated heterocycles. The number of nitrogens with zero attached hydrogens (tertiary/aromatic N) is 2. The third-order valence-corrected chi connectivity index (χ3v) is 5.37. The van der Waals surface area contributed by atoms with Crippen molar-refractivity contribution < 1.29 is 4.79 Å². The molecule has 2 aromatic heterocycles. The molecular weight excluding hydrogens is 454 g/mol. The molecule has 3 rings (SSSR count). The van der Waals surface area contributed by atoms with Gasteiger partial charge in [-0.25, -0.2) is 4.98 Å². The van der Waals surface area contributed by atoms with Crippen molar-refractivity contribution in [3.05, 3.63) is 68.0 Å². The van der Waals surface area contributed by atoms with Crippen LogP contribution in [0.25, 0.3) is 11.0 Å². The Bertz CT molecular complexity index is 1160. The van der Waals surface area contributed by atoms with E-state index in [9.17, 15) is 9.59 Å². The number of halogens is 1. The van der Waals surface area contributed by atoms with Gasteiger partial charge in [-0.2, -0.15) is 0 Å². The van der Waals surface area contributed by atoms with Gasteiger partial charge >= 0.3 is 0 Å². The van der Waals surface area contributed by atoms with E-state index in [1.165, 1.54) is 6.20 Å². The van der Waals surface area contributed by atoms with Gasteiger partial charge in [-0.1, -0.05) is 17.7 Å². The smallest absolute Gasteiger partial charge is 0.275 e. The number of benzene rings is 1. The fraction of sp³-hybridized carbons (Fsp3) is 0.200. The molecule has 3 N–H and O–H groups in total. The first-order valence-corrected chi connectivity index (χ1v) is 10.1.